The summed E-state index contributed by atoms with van der Waals surface area (Å²) >= 11 is 0. The maximum Gasteiger partial charge on any atom is 0.244 e. The monoisotopic (exact) mass is 231 g/mol. The van der Waals surface area contributed by atoms with Gasteiger partial charge in [0.15, 0.2) is 0 Å². The number of hydrogen-bond donors (Lipinski definition) is 1. The molecule has 0 aliphatic carbocycles. The molecule has 0 saturated carbocycles. The summed E-state index contributed by atoms with van der Waals surface area (Å²) in [6.07, 6.45) is 5.40. The standard InChI is InChI=1S/C15H21NO/c1-4-14(5-2)16-15(17)10-9-13-8-6-7-12(3)11-13/h6-11,14H,4-5H2,1-3H3,(H,16,17)/b10-9+. The number of aryl methyl sites for hydroxylation is 1. The highest BCUT2D eigenvalue weighted by Crippen LogP contribution is 2.05. The number of rotatable bonds is 5. The van der Waals surface area contributed by atoms with Crippen LogP contribution in [0.3, 0.4) is 0 Å². The highest BCUT2D eigenvalue weighted by atomic mass is 16.1. The van der Waals surface area contributed by atoms with Crippen LogP contribution in [0, 0.1) is 6.92 Å². The molecule has 0 saturated heterocycles. The summed E-state index contributed by atoms with van der Waals surface area (Å²) < 4.78 is 0. The molecule has 2 nitrogen and oxygen atoms in total. The first-order valence-electron chi connectivity index (χ1n) is 6.21. The molecular formula is C15H21NO. The van der Waals surface area contributed by atoms with Crippen molar-refractivity contribution in [3.05, 3.63) is 41.5 Å². The first kappa shape index (κ1) is 13.5. The van der Waals surface area contributed by atoms with Gasteiger partial charge in [0.2, 0.25) is 5.91 Å². The van der Waals surface area contributed by atoms with Gasteiger partial charge in [-0.25, -0.2) is 0 Å². The van der Waals surface area contributed by atoms with Gasteiger partial charge >= 0.3 is 0 Å². The molecule has 1 aromatic carbocycles. The highest BCUT2D eigenvalue weighted by molar-refractivity contribution is 5.91. The van der Waals surface area contributed by atoms with E-state index in [4.69, 9.17) is 0 Å². The van der Waals surface area contributed by atoms with Crippen molar-refractivity contribution in [2.45, 2.75) is 39.7 Å². The summed E-state index contributed by atoms with van der Waals surface area (Å²) in [4.78, 5) is 11.6. The Hall–Kier alpha value is -1.57. The van der Waals surface area contributed by atoms with E-state index in [-0.39, 0.29) is 11.9 Å². The molecule has 1 rings (SSSR count). The van der Waals surface area contributed by atoms with Gasteiger partial charge in [-0.1, -0.05) is 43.7 Å². The van der Waals surface area contributed by atoms with Crippen molar-refractivity contribution < 1.29 is 4.79 Å². The Morgan fingerprint density at radius 1 is 1.35 bits per heavy atom. The summed E-state index contributed by atoms with van der Waals surface area (Å²) in [5, 5.41) is 2.98. The molecule has 0 bridgehead atoms. The Kier molecular flexibility index (Phi) is 5.47. The van der Waals surface area contributed by atoms with Gasteiger partial charge in [0, 0.05) is 12.1 Å². The van der Waals surface area contributed by atoms with Crippen molar-refractivity contribution in [3.63, 3.8) is 0 Å². The van der Waals surface area contributed by atoms with Crippen LogP contribution in [0.4, 0.5) is 0 Å². The van der Waals surface area contributed by atoms with Crippen LogP contribution >= 0.6 is 0 Å². The first-order chi connectivity index (χ1) is 8.15. The van der Waals surface area contributed by atoms with Crippen LogP contribution < -0.4 is 5.32 Å². The maximum absolute atomic E-state index is 11.6. The van der Waals surface area contributed by atoms with Gasteiger partial charge in [0.1, 0.15) is 0 Å². The van der Waals surface area contributed by atoms with Gasteiger partial charge in [-0.05, 0) is 31.4 Å². The molecule has 0 unspecified atom stereocenters. The number of carbonyl (C=O) groups is 1. The summed E-state index contributed by atoms with van der Waals surface area (Å²) in [5.41, 5.74) is 2.26. The molecule has 0 fully saturated rings. The van der Waals surface area contributed by atoms with Crippen LogP contribution in [-0.4, -0.2) is 11.9 Å². The lowest BCUT2D eigenvalue weighted by atomic mass is 10.1. The molecule has 1 N–H and O–H groups in total. The molecule has 0 radical (unpaired) electrons. The van der Waals surface area contributed by atoms with Gasteiger partial charge in [0.05, 0.1) is 0 Å². The molecule has 0 aromatic heterocycles. The van der Waals surface area contributed by atoms with Crippen molar-refractivity contribution in [1.29, 1.82) is 0 Å². The summed E-state index contributed by atoms with van der Waals surface area (Å²) in [6, 6.07) is 8.37. The molecule has 0 aliphatic rings. The number of carbonyl (C=O) groups excluding carboxylic acids is 1. The van der Waals surface area contributed by atoms with E-state index in [0.717, 1.165) is 18.4 Å². The van der Waals surface area contributed by atoms with E-state index >= 15 is 0 Å². The number of nitrogens with one attached hydrogen (secondary N) is 1. The van der Waals surface area contributed by atoms with E-state index in [9.17, 15) is 4.79 Å². The third kappa shape index (κ3) is 4.85. The second-order valence-electron chi connectivity index (χ2n) is 4.27. The minimum Gasteiger partial charge on any atom is -0.350 e. The third-order valence-corrected chi connectivity index (χ3v) is 2.80. The predicted molar refractivity (Wildman–Crippen MR) is 72.7 cm³/mol. The number of amides is 1. The van der Waals surface area contributed by atoms with Gasteiger partial charge in [-0.2, -0.15) is 0 Å². The zero-order valence-corrected chi connectivity index (χ0v) is 10.9. The summed E-state index contributed by atoms with van der Waals surface area (Å²) in [7, 11) is 0. The van der Waals surface area contributed by atoms with Crippen LogP contribution in [0.5, 0.6) is 0 Å². The Bertz CT molecular complexity index is 392. The van der Waals surface area contributed by atoms with E-state index in [1.54, 1.807) is 6.08 Å². The van der Waals surface area contributed by atoms with E-state index in [2.05, 4.69) is 25.2 Å². The molecule has 0 spiro atoms. The van der Waals surface area contributed by atoms with Crippen molar-refractivity contribution in [3.8, 4) is 0 Å². The van der Waals surface area contributed by atoms with Crippen LogP contribution in [0.2, 0.25) is 0 Å². The fraction of sp³-hybridized carbons (Fsp3) is 0.400. The lowest BCUT2D eigenvalue weighted by Crippen LogP contribution is -2.32. The van der Waals surface area contributed by atoms with Gasteiger partial charge < -0.3 is 5.32 Å². The van der Waals surface area contributed by atoms with Crippen LogP contribution in [0.1, 0.15) is 37.8 Å². The van der Waals surface area contributed by atoms with Gasteiger partial charge in [-0.3, -0.25) is 4.79 Å². The molecule has 1 amide bonds. The normalized spacial score (nSPS) is 11.1. The molecular weight excluding hydrogens is 210 g/mol. The van der Waals surface area contributed by atoms with Crippen molar-refractivity contribution in [2.24, 2.45) is 0 Å². The lowest BCUT2D eigenvalue weighted by Gasteiger charge is -2.12. The van der Waals surface area contributed by atoms with Crippen LogP contribution in [-0.2, 0) is 4.79 Å². The zero-order valence-electron chi connectivity index (χ0n) is 10.9. The van der Waals surface area contributed by atoms with Gasteiger partial charge in [0.25, 0.3) is 0 Å². The highest BCUT2D eigenvalue weighted by Gasteiger charge is 2.04. The predicted octanol–water partition coefficient (Wildman–Crippen LogP) is 3.31. The molecule has 2 heteroatoms. The lowest BCUT2D eigenvalue weighted by molar-refractivity contribution is -0.117. The van der Waals surface area contributed by atoms with Crippen molar-refractivity contribution >= 4 is 12.0 Å². The van der Waals surface area contributed by atoms with E-state index in [1.165, 1.54) is 5.56 Å². The largest absolute Gasteiger partial charge is 0.350 e. The molecule has 92 valence electrons. The Morgan fingerprint density at radius 3 is 2.65 bits per heavy atom. The topological polar surface area (TPSA) is 29.1 Å². The van der Waals surface area contributed by atoms with Crippen LogP contribution in [0.25, 0.3) is 6.08 Å². The van der Waals surface area contributed by atoms with Crippen LogP contribution in [0.15, 0.2) is 30.3 Å². The van der Waals surface area contributed by atoms with E-state index in [1.807, 2.05) is 31.2 Å². The maximum atomic E-state index is 11.6. The Balaban J connectivity index is 2.56. The fourth-order valence-electron chi connectivity index (χ4n) is 1.69. The number of benzene rings is 1. The Morgan fingerprint density at radius 2 is 2.06 bits per heavy atom. The van der Waals surface area contributed by atoms with E-state index in [0.29, 0.717) is 0 Å². The molecule has 0 heterocycles. The van der Waals surface area contributed by atoms with Crippen molar-refractivity contribution in [1.82, 2.24) is 5.32 Å². The smallest absolute Gasteiger partial charge is 0.244 e. The minimum absolute atomic E-state index is 0.0137. The Labute approximate surface area is 104 Å². The fourth-order valence-corrected chi connectivity index (χ4v) is 1.69. The average Bonchev–Trinajstić information content (AvgIpc) is 2.33. The summed E-state index contributed by atoms with van der Waals surface area (Å²) in [5.74, 6) is -0.0137. The average molecular weight is 231 g/mol. The van der Waals surface area contributed by atoms with E-state index < -0.39 is 0 Å². The quantitative estimate of drug-likeness (QED) is 0.774. The molecule has 17 heavy (non-hydrogen) atoms. The molecule has 0 atom stereocenters. The molecule has 1 aromatic rings. The van der Waals surface area contributed by atoms with Gasteiger partial charge in [-0.15, -0.1) is 0 Å². The molecule has 0 aliphatic heterocycles. The first-order valence-corrected chi connectivity index (χ1v) is 6.21. The number of hydrogen-bond acceptors (Lipinski definition) is 1. The SMILES string of the molecule is CCC(CC)NC(=O)/C=C/c1cccc(C)c1. The minimum atomic E-state index is -0.0137. The van der Waals surface area contributed by atoms with Crippen molar-refractivity contribution in [2.75, 3.05) is 0 Å². The second kappa shape index (κ2) is 6.89. The third-order valence-electron chi connectivity index (χ3n) is 2.80. The summed E-state index contributed by atoms with van der Waals surface area (Å²) in [6.45, 7) is 6.21. The second-order valence-corrected chi connectivity index (χ2v) is 4.27. The zero-order chi connectivity index (χ0) is 12.7.